The molecule has 0 bridgehead atoms. The fourth-order valence-electron chi connectivity index (χ4n) is 4.02. The van der Waals surface area contributed by atoms with Crippen LogP contribution in [0.5, 0.6) is 0 Å². The smallest absolute Gasteiger partial charge is 0.317 e. The van der Waals surface area contributed by atoms with Crippen LogP contribution in [0, 0.1) is 0 Å². The van der Waals surface area contributed by atoms with Gasteiger partial charge in [0.1, 0.15) is 0 Å². The topological polar surface area (TPSA) is 78.5 Å². The minimum atomic E-state index is -2.82. The lowest BCUT2D eigenvalue weighted by molar-refractivity contribution is 0.168. The largest absolute Gasteiger partial charge is 0.335 e. The van der Waals surface area contributed by atoms with Gasteiger partial charge in [-0.15, -0.1) is 0 Å². The van der Waals surface area contributed by atoms with E-state index < -0.39 is 9.84 Å². The van der Waals surface area contributed by atoms with Crippen LogP contribution in [0.15, 0.2) is 0 Å². The van der Waals surface area contributed by atoms with Crippen molar-refractivity contribution in [2.75, 3.05) is 24.6 Å². The lowest BCUT2D eigenvalue weighted by Crippen LogP contribution is -2.52. The first kappa shape index (κ1) is 17.0. The average molecular weight is 343 g/mol. The third-order valence-electron chi connectivity index (χ3n) is 5.42. The van der Waals surface area contributed by atoms with Gasteiger partial charge in [-0.25, -0.2) is 13.2 Å². The Morgan fingerprint density at radius 2 is 1.57 bits per heavy atom. The number of amides is 2. The number of carbonyl (C=O) groups is 1. The third kappa shape index (κ3) is 4.83. The standard InChI is InChI=1S/C16H29N3O3S/c20-16(18-13-4-2-1-3-5-13)19-9-6-14(7-10-19)17-15-8-11-23(21,22)12-15/h13-15,17H,1-12H2,(H,18,20). The summed E-state index contributed by atoms with van der Waals surface area (Å²) >= 11 is 0. The molecule has 1 saturated carbocycles. The molecule has 23 heavy (non-hydrogen) atoms. The summed E-state index contributed by atoms with van der Waals surface area (Å²) in [4.78, 5) is 14.2. The van der Waals surface area contributed by atoms with Crippen LogP contribution in [-0.4, -0.2) is 62.1 Å². The molecule has 0 aromatic rings. The molecular formula is C16H29N3O3S. The van der Waals surface area contributed by atoms with Crippen molar-refractivity contribution < 1.29 is 13.2 Å². The van der Waals surface area contributed by atoms with Gasteiger partial charge < -0.3 is 15.5 Å². The van der Waals surface area contributed by atoms with Crippen molar-refractivity contribution in [2.24, 2.45) is 0 Å². The first-order valence-electron chi connectivity index (χ1n) is 9.04. The molecule has 2 saturated heterocycles. The quantitative estimate of drug-likeness (QED) is 0.809. The summed E-state index contributed by atoms with van der Waals surface area (Å²) in [5, 5.41) is 6.65. The second kappa shape index (κ2) is 7.38. The van der Waals surface area contributed by atoms with Crippen LogP contribution in [0.25, 0.3) is 0 Å². The number of likely N-dealkylation sites (tertiary alicyclic amines) is 1. The van der Waals surface area contributed by atoms with E-state index in [1.165, 1.54) is 19.3 Å². The second-order valence-electron chi connectivity index (χ2n) is 7.31. The normalized spacial score (nSPS) is 29.6. The zero-order valence-corrected chi connectivity index (χ0v) is 14.6. The van der Waals surface area contributed by atoms with E-state index in [2.05, 4.69) is 10.6 Å². The highest BCUT2D eigenvalue weighted by molar-refractivity contribution is 7.91. The molecule has 0 aromatic carbocycles. The van der Waals surface area contributed by atoms with Gasteiger partial charge in [-0.2, -0.15) is 0 Å². The van der Waals surface area contributed by atoms with Crippen molar-refractivity contribution in [1.29, 1.82) is 0 Å². The molecule has 0 aromatic heterocycles. The number of hydrogen-bond acceptors (Lipinski definition) is 4. The molecule has 2 aliphatic heterocycles. The summed E-state index contributed by atoms with van der Waals surface area (Å²) < 4.78 is 23.0. The van der Waals surface area contributed by atoms with Crippen LogP contribution in [0.3, 0.4) is 0 Å². The molecule has 7 heteroatoms. The van der Waals surface area contributed by atoms with Crippen molar-refractivity contribution in [3.8, 4) is 0 Å². The average Bonchev–Trinajstić information content (AvgIpc) is 2.88. The Hall–Kier alpha value is -0.820. The van der Waals surface area contributed by atoms with E-state index in [0.717, 1.165) is 45.2 Å². The predicted molar refractivity (Wildman–Crippen MR) is 90.2 cm³/mol. The SMILES string of the molecule is O=C(NC1CCCCC1)N1CCC(NC2CCS(=O)(=O)C2)CC1. The Balaban J connectivity index is 1.38. The number of hydrogen-bond donors (Lipinski definition) is 2. The van der Waals surface area contributed by atoms with Crippen LogP contribution in [0.4, 0.5) is 4.79 Å². The summed E-state index contributed by atoms with van der Waals surface area (Å²) in [6, 6.07) is 0.884. The minimum absolute atomic E-state index is 0.0822. The molecule has 1 unspecified atom stereocenters. The van der Waals surface area contributed by atoms with Gasteiger partial charge in [0, 0.05) is 31.2 Å². The van der Waals surface area contributed by atoms with E-state index in [1.54, 1.807) is 0 Å². The fraction of sp³-hybridized carbons (Fsp3) is 0.938. The fourth-order valence-corrected chi connectivity index (χ4v) is 5.71. The van der Waals surface area contributed by atoms with Crippen molar-refractivity contribution in [3.63, 3.8) is 0 Å². The van der Waals surface area contributed by atoms with Gasteiger partial charge >= 0.3 is 6.03 Å². The molecule has 0 radical (unpaired) electrons. The van der Waals surface area contributed by atoms with Gasteiger partial charge in [0.2, 0.25) is 0 Å². The highest BCUT2D eigenvalue weighted by Gasteiger charge is 2.31. The Labute approximate surface area is 139 Å². The van der Waals surface area contributed by atoms with Crippen LogP contribution in [0.2, 0.25) is 0 Å². The number of piperidine rings is 1. The molecule has 2 amide bonds. The van der Waals surface area contributed by atoms with E-state index in [0.29, 0.717) is 17.8 Å². The van der Waals surface area contributed by atoms with E-state index in [-0.39, 0.29) is 17.8 Å². The number of carbonyl (C=O) groups excluding carboxylic acids is 1. The lowest BCUT2D eigenvalue weighted by Gasteiger charge is -2.35. The maximum Gasteiger partial charge on any atom is 0.317 e. The number of urea groups is 1. The van der Waals surface area contributed by atoms with Gasteiger partial charge in [-0.1, -0.05) is 19.3 Å². The molecule has 3 fully saturated rings. The maximum atomic E-state index is 12.3. The zero-order valence-electron chi connectivity index (χ0n) is 13.8. The van der Waals surface area contributed by atoms with E-state index in [1.807, 2.05) is 4.90 Å². The number of nitrogens with one attached hydrogen (secondary N) is 2. The maximum absolute atomic E-state index is 12.3. The van der Waals surface area contributed by atoms with E-state index in [4.69, 9.17) is 0 Å². The van der Waals surface area contributed by atoms with Crippen molar-refractivity contribution in [2.45, 2.75) is 69.5 Å². The van der Waals surface area contributed by atoms with Gasteiger partial charge in [-0.3, -0.25) is 0 Å². The third-order valence-corrected chi connectivity index (χ3v) is 7.19. The highest BCUT2D eigenvalue weighted by Crippen LogP contribution is 2.19. The summed E-state index contributed by atoms with van der Waals surface area (Å²) in [7, 11) is -2.82. The molecule has 1 atom stereocenters. The Kier molecular flexibility index (Phi) is 5.46. The van der Waals surface area contributed by atoms with Gasteiger partial charge in [0.15, 0.2) is 9.84 Å². The Morgan fingerprint density at radius 3 is 2.17 bits per heavy atom. The second-order valence-corrected chi connectivity index (χ2v) is 9.54. The van der Waals surface area contributed by atoms with E-state index in [9.17, 15) is 13.2 Å². The summed E-state index contributed by atoms with van der Waals surface area (Å²) in [6.07, 6.45) is 8.51. The van der Waals surface area contributed by atoms with Crippen LogP contribution < -0.4 is 10.6 Å². The molecule has 0 spiro atoms. The van der Waals surface area contributed by atoms with E-state index >= 15 is 0 Å². The summed E-state index contributed by atoms with van der Waals surface area (Å²) in [5.74, 6) is 0.586. The first-order chi connectivity index (χ1) is 11.0. The van der Waals surface area contributed by atoms with Gasteiger partial charge in [0.05, 0.1) is 11.5 Å². The van der Waals surface area contributed by atoms with Crippen LogP contribution in [-0.2, 0) is 9.84 Å². The number of nitrogens with zero attached hydrogens (tertiary/aromatic N) is 1. The van der Waals surface area contributed by atoms with Crippen molar-refractivity contribution >= 4 is 15.9 Å². The van der Waals surface area contributed by atoms with Crippen molar-refractivity contribution in [1.82, 2.24) is 15.5 Å². The molecule has 3 aliphatic rings. The molecule has 3 rings (SSSR count). The van der Waals surface area contributed by atoms with Gasteiger partial charge in [0.25, 0.3) is 0 Å². The number of sulfone groups is 1. The van der Waals surface area contributed by atoms with Crippen LogP contribution in [0.1, 0.15) is 51.4 Å². The molecule has 1 aliphatic carbocycles. The Bertz CT molecular complexity index is 509. The Morgan fingerprint density at radius 1 is 0.870 bits per heavy atom. The predicted octanol–water partition coefficient (Wildman–Crippen LogP) is 1.27. The first-order valence-corrected chi connectivity index (χ1v) is 10.9. The summed E-state index contributed by atoms with van der Waals surface area (Å²) in [5.41, 5.74) is 0. The number of rotatable bonds is 3. The molecule has 6 nitrogen and oxygen atoms in total. The monoisotopic (exact) mass is 343 g/mol. The van der Waals surface area contributed by atoms with Crippen LogP contribution >= 0.6 is 0 Å². The molecular weight excluding hydrogens is 314 g/mol. The molecule has 2 heterocycles. The minimum Gasteiger partial charge on any atom is -0.335 e. The highest BCUT2D eigenvalue weighted by atomic mass is 32.2. The van der Waals surface area contributed by atoms with Gasteiger partial charge in [-0.05, 0) is 32.1 Å². The zero-order chi connectivity index (χ0) is 16.3. The molecule has 132 valence electrons. The van der Waals surface area contributed by atoms with Crippen molar-refractivity contribution in [3.05, 3.63) is 0 Å². The summed E-state index contributed by atoms with van der Waals surface area (Å²) in [6.45, 7) is 1.52. The molecule has 2 N–H and O–H groups in total. The lowest BCUT2D eigenvalue weighted by atomic mass is 9.95.